The number of nitrogens with zero attached hydrogens (tertiary/aromatic N) is 1. The van der Waals surface area contributed by atoms with E-state index in [-0.39, 0.29) is 28.5 Å². The summed E-state index contributed by atoms with van der Waals surface area (Å²) in [6, 6.07) is 3.95. The molecule has 0 atom stereocenters. The van der Waals surface area contributed by atoms with Gasteiger partial charge < -0.3 is 9.84 Å². The molecular weight excluding hydrogens is 285 g/mol. The highest BCUT2D eigenvalue weighted by Gasteiger charge is 2.24. The topological polar surface area (TPSA) is 58.9 Å². The van der Waals surface area contributed by atoms with Crippen LogP contribution in [-0.2, 0) is 9.53 Å². The number of aliphatic hydroxyl groups excluding tert-OH is 1. The molecule has 20 heavy (non-hydrogen) atoms. The molecule has 0 heterocycles. The number of benzene rings is 1. The first-order valence-corrected chi connectivity index (χ1v) is 6.30. The quantitative estimate of drug-likeness (QED) is 0.401. The van der Waals surface area contributed by atoms with Gasteiger partial charge in [-0.05, 0) is 26.0 Å². The number of halogens is 2. The van der Waals surface area contributed by atoms with Gasteiger partial charge in [0.1, 0.15) is 17.1 Å². The fraction of sp³-hybridized carbons (Fsp3) is 0.286. The third-order valence-corrected chi connectivity index (χ3v) is 2.93. The van der Waals surface area contributed by atoms with E-state index in [1.807, 2.05) is 0 Å². The number of esters is 1. The van der Waals surface area contributed by atoms with E-state index in [1.165, 1.54) is 26.1 Å². The molecule has 108 valence electrons. The average molecular weight is 300 g/mol. The van der Waals surface area contributed by atoms with Crippen LogP contribution in [-0.4, -0.2) is 30.4 Å². The van der Waals surface area contributed by atoms with Gasteiger partial charge in [-0.3, -0.25) is 4.99 Å². The summed E-state index contributed by atoms with van der Waals surface area (Å²) in [5.41, 5.74) is -0.234. The van der Waals surface area contributed by atoms with E-state index in [9.17, 15) is 14.3 Å². The first-order chi connectivity index (χ1) is 9.43. The van der Waals surface area contributed by atoms with Crippen molar-refractivity contribution in [2.45, 2.75) is 13.8 Å². The molecule has 0 aliphatic heterocycles. The summed E-state index contributed by atoms with van der Waals surface area (Å²) >= 11 is 5.87. The molecule has 0 bridgehead atoms. The van der Waals surface area contributed by atoms with E-state index in [0.29, 0.717) is 0 Å². The SMILES string of the molecule is CCOC(=O)/C(C(C)=NC)=C(/O)c1c(F)cccc1Cl. The summed E-state index contributed by atoms with van der Waals surface area (Å²) in [7, 11) is 1.45. The van der Waals surface area contributed by atoms with Gasteiger partial charge in [-0.1, -0.05) is 17.7 Å². The maximum Gasteiger partial charge on any atom is 0.343 e. The molecule has 6 heteroatoms. The average Bonchev–Trinajstić information content (AvgIpc) is 2.38. The largest absolute Gasteiger partial charge is 0.506 e. The molecule has 0 unspecified atom stereocenters. The van der Waals surface area contributed by atoms with Gasteiger partial charge in [0.2, 0.25) is 0 Å². The lowest BCUT2D eigenvalue weighted by Gasteiger charge is -2.11. The van der Waals surface area contributed by atoms with Crippen LogP contribution < -0.4 is 0 Å². The number of aliphatic hydroxyl groups is 1. The van der Waals surface area contributed by atoms with Gasteiger partial charge in [-0.25, -0.2) is 9.18 Å². The summed E-state index contributed by atoms with van der Waals surface area (Å²) in [5, 5.41) is 10.2. The van der Waals surface area contributed by atoms with E-state index in [1.54, 1.807) is 6.92 Å². The first kappa shape index (κ1) is 16.2. The van der Waals surface area contributed by atoms with Crippen molar-refractivity contribution in [3.8, 4) is 0 Å². The second kappa shape index (κ2) is 7.05. The first-order valence-electron chi connectivity index (χ1n) is 5.92. The van der Waals surface area contributed by atoms with Crippen molar-refractivity contribution in [3.05, 3.63) is 40.2 Å². The molecule has 0 amide bonds. The Hall–Kier alpha value is -1.88. The van der Waals surface area contributed by atoms with Gasteiger partial charge in [-0.15, -0.1) is 0 Å². The fourth-order valence-corrected chi connectivity index (χ4v) is 1.83. The second-order valence-corrected chi connectivity index (χ2v) is 4.26. The van der Waals surface area contributed by atoms with Gasteiger partial charge in [-0.2, -0.15) is 0 Å². The minimum atomic E-state index is -0.785. The molecular formula is C14H15ClFNO3. The molecule has 0 saturated heterocycles. The van der Waals surface area contributed by atoms with Crippen molar-refractivity contribution in [1.29, 1.82) is 0 Å². The molecule has 1 rings (SSSR count). The molecule has 0 aromatic heterocycles. The van der Waals surface area contributed by atoms with E-state index in [0.717, 1.165) is 6.07 Å². The molecule has 0 spiro atoms. The lowest BCUT2D eigenvalue weighted by Crippen LogP contribution is -2.16. The summed E-state index contributed by atoms with van der Waals surface area (Å²) in [5.74, 6) is -2.11. The molecule has 1 aromatic carbocycles. The van der Waals surface area contributed by atoms with Crippen LogP contribution in [0.2, 0.25) is 5.02 Å². The summed E-state index contributed by atoms with van der Waals surface area (Å²) in [4.78, 5) is 15.7. The van der Waals surface area contributed by atoms with Crippen molar-refractivity contribution < 1.29 is 19.0 Å². The van der Waals surface area contributed by atoms with Crippen LogP contribution in [0, 0.1) is 5.82 Å². The van der Waals surface area contributed by atoms with Gasteiger partial charge in [0.05, 0.1) is 17.2 Å². The van der Waals surface area contributed by atoms with Crippen LogP contribution in [0.25, 0.3) is 5.76 Å². The number of rotatable bonds is 4. The van der Waals surface area contributed by atoms with Gasteiger partial charge >= 0.3 is 5.97 Å². The molecule has 1 N–H and O–H groups in total. The summed E-state index contributed by atoms with van der Waals surface area (Å²) in [6.45, 7) is 3.26. The van der Waals surface area contributed by atoms with Gasteiger partial charge in [0.25, 0.3) is 0 Å². The van der Waals surface area contributed by atoms with Crippen LogP contribution in [0.1, 0.15) is 19.4 Å². The standard InChI is InChI=1S/C14H15ClFNO3/c1-4-20-14(19)11(8(2)17-3)13(18)12-9(15)6-5-7-10(12)16/h5-7,18H,4H2,1-3H3/b13-11+,17-8?. The Balaban J connectivity index is 3.53. The lowest BCUT2D eigenvalue weighted by molar-refractivity contribution is -0.137. The zero-order valence-electron chi connectivity index (χ0n) is 11.4. The maximum absolute atomic E-state index is 13.8. The predicted molar refractivity (Wildman–Crippen MR) is 76.6 cm³/mol. The van der Waals surface area contributed by atoms with Crippen LogP contribution >= 0.6 is 11.6 Å². The predicted octanol–water partition coefficient (Wildman–Crippen LogP) is 3.40. The zero-order chi connectivity index (χ0) is 15.3. The lowest BCUT2D eigenvalue weighted by atomic mass is 10.0. The highest BCUT2D eigenvalue weighted by molar-refractivity contribution is 6.33. The van der Waals surface area contributed by atoms with Gasteiger partial charge in [0, 0.05) is 12.8 Å². The number of aliphatic imine (C=N–C) groups is 1. The van der Waals surface area contributed by atoms with E-state index >= 15 is 0 Å². The minimum absolute atomic E-state index is 0.00629. The molecule has 0 saturated carbocycles. The van der Waals surface area contributed by atoms with Crippen LogP contribution in [0.5, 0.6) is 0 Å². The van der Waals surface area contributed by atoms with Crippen LogP contribution in [0.15, 0.2) is 28.8 Å². The molecule has 1 aromatic rings. The molecule has 0 aliphatic rings. The third-order valence-electron chi connectivity index (χ3n) is 2.61. The molecule has 0 aliphatic carbocycles. The summed E-state index contributed by atoms with van der Waals surface area (Å²) in [6.07, 6.45) is 0. The summed E-state index contributed by atoms with van der Waals surface area (Å²) < 4.78 is 18.7. The maximum atomic E-state index is 13.8. The normalized spacial score (nSPS) is 12.9. The Morgan fingerprint density at radius 1 is 1.50 bits per heavy atom. The number of carbonyl (C=O) groups excluding carboxylic acids is 1. The fourth-order valence-electron chi connectivity index (χ4n) is 1.58. The van der Waals surface area contributed by atoms with Crippen LogP contribution in [0.3, 0.4) is 0 Å². The Morgan fingerprint density at radius 3 is 2.65 bits per heavy atom. The number of carbonyl (C=O) groups is 1. The number of ether oxygens (including phenoxy) is 1. The molecule has 4 nitrogen and oxygen atoms in total. The third kappa shape index (κ3) is 3.36. The van der Waals surface area contributed by atoms with Crippen molar-refractivity contribution in [2.24, 2.45) is 4.99 Å². The number of hydrogen-bond donors (Lipinski definition) is 1. The molecule has 0 fully saturated rings. The van der Waals surface area contributed by atoms with Crippen molar-refractivity contribution in [2.75, 3.05) is 13.7 Å². The Bertz CT molecular complexity index is 562. The van der Waals surface area contributed by atoms with E-state index in [2.05, 4.69) is 4.99 Å². The van der Waals surface area contributed by atoms with Crippen molar-refractivity contribution >= 4 is 29.0 Å². The number of hydrogen-bond acceptors (Lipinski definition) is 4. The Kier molecular flexibility index (Phi) is 5.70. The minimum Gasteiger partial charge on any atom is -0.506 e. The smallest absolute Gasteiger partial charge is 0.343 e. The second-order valence-electron chi connectivity index (χ2n) is 3.85. The van der Waals surface area contributed by atoms with E-state index < -0.39 is 17.5 Å². The highest BCUT2D eigenvalue weighted by Crippen LogP contribution is 2.28. The van der Waals surface area contributed by atoms with E-state index in [4.69, 9.17) is 16.3 Å². The Morgan fingerprint density at radius 2 is 2.15 bits per heavy atom. The van der Waals surface area contributed by atoms with Crippen molar-refractivity contribution in [1.82, 2.24) is 0 Å². The highest BCUT2D eigenvalue weighted by atomic mass is 35.5. The zero-order valence-corrected chi connectivity index (χ0v) is 12.2. The monoisotopic (exact) mass is 299 g/mol. The van der Waals surface area contributed by atoms with Gasteiger partial charge in [0.15, 0.2) is 0 Å². The van der Waals surface area contributed by atoms with Crippen molar-refractivity contribution in [3.63, 3.8) is 0 Å². The Labute approximate surface area is 121 Å². The van der Waals surface area contributed by atoms with Crippen LogP contribution in [0.4, 0.5) is 4.39 Å². The molecule has 0 radical (unpaired) electrons.